The molecular weight excluding hydrogens is 357 g/mol. The summed E-state index contributed by atoms with van der Waals surface area (Å²) in [5, 5.41) is 5.41. The first-order valence-electron chi connectivity index (χ1n) is 8.41. The summed E-state index contributed by atoms with van der Waals surface area (Å²) in [5.74, 6) is -0.565. The predicted octanol–water partition coefficient (Wildman–Crippen LogP) is 3.90. The first-order chi connectivity index (χ1) is 12.6. The fourth-order valence-electron chi connectivity index (χ4n) is 2.57. The van der Waals surface area contributed by atoms with Gasteiger partial charge < -0.3 is 10.6 Å². The normalized spacial score (nSPS) is 12.3. The number of hydrogen-bond donors (Lipinski definition) is 2. The summed E-state index contributed by atoms with van der Waals surface area (Å²) >= 11 is 0. The molecule has 0 fully saturated rings. The van der Waals surface area contributed by atoms with Gasteiger partial charge in [0.05, 0.1) is 18.0 Å². The summed E-state index contributed by atoms with van der Waals surface area (Å²) in [4.78, 5) is 23.7. The highest BCUT2D eigenvalue weighted by atomic mass is 19.4. The van der Waals surface area contributed by atoms with Gasteiger partial charge in [-0.3, -0.25) is 9.59 Å². The van der Waals surface area contributed by atoms with Crippen molar-refractivity contribution < 1.29 is 22.8 Å². The number of carbonyl (C=O) groups is 2. The van der Waals surface area contributed by atoms with E-state index in [0.29, 0.717) is 5.56 Å². The first-order valence-corrected chi connectivity index (χ1v) is 8.41. The molecule has 0 spiro atoms. The second kappa shape index (κ2) is 8.70. The van der Waals surface area contributed by atoms with Crippen LogP contribution in [0, 0.1) is 6.92 Å². The fourth-order valence-corrected chi connectivity index (χ4v) is 2.57. The minimum absolute atomic E-state index is 0.0310. The third-order valence-corrected chi connectivity index (χ3v) is 4.02. The molecule has 0 radical (unpaired) electrons. The predicted molar refractivity (Wildman–Crippen MR) is 95.6 cm³/mol. The molecule has 2 N–H and O–H groups in total. The Bertz CT molecular complexity index is 784. The van der Waals surface area contributed by atoms with Crippen LogP contribution in [0.25, 0.3) is 0 Å². The molecule has 2 rings (SSSR count). The Morgan fingerprint density at radius 1 is 1.00 bits per heavy atom. The van der Waals surface area contributed by atoms with Gasteiger partial charge in [0.15, 0.2) is 0 Å². The largest absolute Gasteiger partial charge is 0.416 e. The van der Waals surface area contributed by atoms with Gasteiger partial charge in [-0.25, -0.2) is 0 Å². The average Bonchev–Trinajstić information content (AvgIpc) is 2.59. The second-order valence-corrected chi connectivity index (χ2v) is 6.34. The van der Waals surface area contributed by atoms with E-state index in [4.69, 9.17) is 0 Å². The Hall–Kier alpha value is -2.83. The van der Waals surface area contributed by atoms with Crippen LogP contribution in [0.3, 0.4) is 0 Å². The SMILES string of the molecule is CC(=O)NC(CC(=O)NCc1ccc(C(F)(F)F)cc1)c1ccc(C)cc1. The zero-order valence-electron chi connectivity index (χ0n) is 15.1. The molecule has 1 atom stereocenters. The van der Waals surface area contributed by atoms with Crippen LogP contribution in [0.1, 0.15) is 41.6 Å². The van der Waals surface area contributed by atoms with E-state index in [2.05, 4.69) is 10.6 Å². The molecule has 0 aliphatic carbocycles. The first kappa shape index (κ1) is 20.5. The third kappa shape index (κ3) is 6.44. The fraction of sp³-hybridized carbons (Fsp3) is 0.300. The molecule has 2 aromatic rings. The molecule has 2 aromatic carbocycles. The quantitative estimate of drug-likeness (QED) is 0.801. The highest BCUT2D eigenvalue weighted by Gasteiger charge is 2.29. The average molecular weight is 378 g/mol. The zero-order chi connectivity index (χ0) is 20.0. The summed E-state index contributed by atoms with van der Waals surface area (Å²) in [6.07, 6.45) is -4.36. The molecule has 4 nitrogen and oxygen atoms in total. The molecule has 0 aliphatic rings. The van der Waals surface area contributed by atoms with E-state index in [1.807, 2.05) is 31.2 Å². The minimum atomic E-state index is -4.39. The summed E-state index contributed by atoms with van der Waals surface area (Å²) < 4.78 is 37.7. The van der Waals surface area contributed by atoms with Crippen molar-refractivity contribution in [2.75, 3.05) is 0 Å². The molecule has 1 unspecified atom stereocenters. The molecule has 0 aliphatic heterocycles. The Labute approximate surface area is 155 Å². The minimum Gasteiger partial charge on any atom is -0.352 e. The van der Waals surface area contributed by atoms with Crippen molar-refractivity contribution in [3.05, 3.63) is 70.8 Å². The van der Waals surface area contributed by atoms with Crippen molar-refractivity contribution in [2.24, 2.45) is 0 Å². The summed E-state index contributed by atoms with van der Waals surface area (Å²) in [6.45, 7) is 3.42. The van der Waals surface area contributed by atoms with Gasteiger partial charge in [0.1, 0.15) is 0 Å². The van der Waals surface area contributed by atoms with E-state index >= 15 is 0 Å². The number of halogens is 3. The maximum absolute atomic E-state index is 12.6. The Kier molecular flexibility index (Phi) is 6.60. The van der Waals surface area contributed by atoms with Gasteiger partial charge in [-0.05, 0) is 30.2 Å². The van der Waals surface area contributed by atoms with E-state index in [1.54, 1.807) is 0 Å². The molecule has 2 amide bonds. The van der Waals surface area contributed by atoms with Crippen molar-refractivity contribution >= 4 is 11.8 Å². The second-order valence-electron chi connectivity index (χ2n) is 6.34. The van der Waals surface area contributed by atoms with E-state index in [1.165, 1.54) is 19.1 Å². The number of nitrogens with one attached hydrogen (secondary N) is 2. The highest BCUT2D eigenvalue weighted by Crippen LogP contribution is 2.29. The van der Waals surface area contributed by atoms with Crippen LogP contribution < -0.4 is 10.6 Å². The van der Waals surface area contributed by atoms with Gasteiger partial charge in [0.2, 0.25) is 11.8 Å². The number of alkyl halides is 3. The summed E-state index contributed by atoms with van der Waals surface area (Å²) in [7, 11) is 0. The lowest BCUT2D eigenvalue weighted by Crippen LogP contribution is -2.32. The Balaban J connectivity index is 1.97. The summed E-state index contributed by atoms with van der Waals surface area (Å²) in [5.41, 5.74) is 1.69. The highest BCUT2D eigenvalue weighted by molar-refractivity contribution is 5.79. The van der Waals surface area contributed by atoms with Crippen LogP contribution in [0.2, 0.25) is 0 Å². The topological polar surface area (TPSA) is 58.2 Å². The van der Waals surface area contributed by atoms with Crippen LogP contribution >= 0.6 is 0 Å². The van der Waals surface area contributed by atoms with E-state index in [9.17, 15) is 22.8 Å². The zero-order valence-corrected chi connectivity index (χ0v) is 15.1. The number of carbonyl (C=O) groups excluding carboxylic acids is 2. The molecule has 0 bridgehead atoms. The molecule has 27 heavy (non-hydrogen) atoms. The monoisotopic (exact) mass is 378 g/mol. The molecule has 7 heteroatoms. The molecule has 0 aromatic heterocycles. The maximum Gasteiger partial charge on any atom is 0.416 e. The van der Waals surface area contributed by atoms with Crippen molar-refractivity contribution in [1.29, 1.82) is 0 Å². The van der Waals surface area contributed by atoms with Crippen LogP contribution in [0.15, 0.2) is 48.5 Å². The third-order valence-electron chi connectivity index (χ3n) is 4.02. The van der Waals surface area contributed by atoms with Crippen molar-refractivity contribution in [2.45, 2.75) is 39.0 Å². The number of hydrogen-bond acceptors (Lipinski definition) is 2. The molecule has 0 saturated carbocycles. The van der Waals surface area contributed by atoms with Gasteiger partial charge in [0.25, 0.3) is 0 Å². The smallest absolute Gasteiger partial charge is 0.352 e. The van der Waals surface area contributed by atoms with Gasteiger partial charge >= 0.3 is 6.18 Å². The van der Waals surface area contributed by atoms with Crippen LogP contribution in [0.5, 0.6) is 0 Å². The molecular formula is C20H21F3N2O2. The van der Waals surface area contributed by atoms with Crippen molar-refractivity contribution in [1.82, 2.24) is 10.6 Å². The Morgan fingerprint density at radius 3 is 2.11 bits per heavy atom. The van der Waals surface area contributed by atoms with Gasteiger partial charge in [-0.15, -0.1) is 0 Å². The number of rotatable bonds is 6. The summed E-state index contributed by atoms with van der Waals surface area (Å²) in [6, 6.07) is 11.6. The van der Waals surface area contributed by atoms with E-state index < -0.39 is 17.8 Å². The lowest BCUT2D eigenvalue weighted by atomic mass is 10.0. The van der Waals surface area contributed by atoms with E-state index in [0.717, 1.165) is 23.3 Å². The number of aryl methyl sites for hydroxylation is 1. The standard InChI is InChI=1S/C20H21F3N2O2/c1-13-3-7-16(8-4-13)18(25-14(2)26)11-19(27)24-12-15-5-9-17(10-6-15)20(21,22)23/h3-10,18H,11-12H2,1-2H3,(H,24,27)(H,25,26). The van der Waals surface area contributed by atoms with Crippen molar-refractivity contribution in [3.63, 3.8) is 0 Å². The van der Waals surface area contributed by atoms with E-state index in [-0.39, 0.29) is 24.8 Å². The van der Waals surface area contributed by atoms with Crippen molar-refractivity contribution in [3.8, 4) is 0 Å². The maximum atomic E-state index is 12.6. The lowest BCUT2D eigenvalue weighted by Gasteiger charge is -2.18. The molecule has 0 saturated heterocycles. The molecule has 144 valence electrons. The van der Waals surface area contributed by atoms with Gasteiger partial charge in [-0.2, -0.15) is 13.2 Å². The van der Waals surface area contributed by atoms with Gasteiger partial charge in [-0.1, -0.05) is 42.0 Å². The number of amides is 2. The van der Waals surface area contributed by atoms with Crippen LogP contribution in [-0.2, 0) is 22.3 Å². The number of benzene rings is 2. The Morgan fingerprint density at radius 2 is 1.59 bits per heavy atom. The lowest BCUT2D eigenvalue weighted by molar-refractivity contribution is -0.137. The van der Waals surface area contributed by atoms with Gasteiger partial charge in [0, 0.05) is 13.5 Å². The van der Waals surface area contributed by atoms with Crippen LogP contribution in [-0.4, -0.2) is 11.8 Å². The van der Waals surface area contributed by atoms with Crippen LogP contribution in [0.4, 0.5) is 13.2 Å². The molecule has 0 heterocycles.